The molecule has 1 saturated heterocycles. The van der Waals surface area contributed by atoms with Crippen LogP contribution < -0.4 is 5.32 Å². The van der Waals surface area contributed by atoms with Gasteiger partial charge in [0, 0.05) is 16.5 Å². The van der Waals surface area contributed by atoms with Gasteiger partial charge in [-0.25, -0.2) is 4.79 Å². The minimum absolute atomic E-state index is 0.0115. The number of nitrogens with zero attached hydrogens (tertiary/aromatic N) is 1. The van der Waals surface area contributed by atoms with Crippen LogP contribution >= 0.6 is 11.8 Å². The van der Waals surface area contributed by atoms with Crippen LogP contribution in [0.2, 0.25) is 0 Å². The molecule has 4 rings (SSSR count). The number of benzene rings is 1. The third kappa shape index (κ3) is 2.88. The number of rotatable bonds is 2. The number of carbonyl (C=O) groups excluding carboxylic acids is 2. The summed E-state index contributed by atoms with van der Waals surface area (Å²) in [6, 6.07) is 4.53. The Balaban J connectivity index is 1.65. The van der Waals surface area contributed by atoms with Crippen molar-refractivity contribution in [1.82, 2.24) is 4.90 Å². The summed E-state index contributed by atoms with van der Waals surface area (Å²) in [6.45, 7) is 1.84. The van der Waals surface area contributed by atoms with Gasteiger partial charge in [0.05, 0.1) is 10.9 Å². The summed E-state index contributed by atoms with van der Waals surface area (Å²) < 4.78 is 0. The first kappa shape index (κ1) is 17.4. The number of thioether (sulfide) groups is 1. The fraction of sp³-hybridized carbons (Fsp3) is 0.526. The molecule has 2 aliphatic heterocycles. The van der Waals surface area contributed by atoms with Gasteiger partial charge in [0.2, 0.25) is 5.91 Å². The third-order valence-electron chi connectivity index (χ3n) is 5.76. The van der Waals surface area contributed by atoms with E-state index in [1.54, 1.807) is 17.0 Å². The van der Waals surface area contributed by atoms with E-state index in [1.165, 1.54) is 11.8 Å². The number of fused-ring (bicyclic) bond motifs is 2. The van der Waals surface area contributed by atoms with Crippen LogP contribution in [-0.2, 0) is 9.59 Å². The number of amides is 2. The lowest BCUT2D eigenvalue weighted by molar-refractivity contribution is -0.141. The molecule has 2 amide bonds. The Morgan fingerprint density at radius 2 is 2.04 bits per heavy atom. The largest absolute Gasteiger partial charge is 0.480 e. The molecule has 138 valence electrons. The van der Waals surface area contributed by atoms with E-state index in [-0.39, 0.29) is 29.0 Å². The Bertz CT molecular complexity index is 781. The summed E-state index contributed by atoms with van der Waals surface area (Å²) in [7, 11) is 0. The molecule has 1 aromatic carbocycles. The van der Waals surface area contributed by atoms with Gasteiger partial charge >= 0.3 is 5.97 Å². The van der Waals surface area contributed by atoms with Crippen molar-refractivity contribution in [3.05, 3.63) is 23.8 Å². The predicted molar refractivity (Wildman–Crippen MR) is 98.3 cm³/mol. The predicted octanol–water partition coefficient (Wildman–Crippen LogP) is 2.98. The molecule has 0 unspecified atom stereocenters. The summed E-state index contributed by atoms with van der Waals surface area (Å²) in [5, 5.41) is 12.3. The molecule has 0 radical (unpaired) electrons. The zero-order chi connectivity index (χ0) is 18.4. The Morgan fingerprint density at radius 3 is 2.81 bits per heavy atom. The van der Waals surface area contributed by atoms with Gasteiger partial charge in [-0.3, -0.25) is 9.59 Å². The molecule has 1 aliphatic carbocycles. The van der Waals surface area contributed by atoms with Gasteiger partial charge in [-0.1, -0.05) is 12.8 Å². The van der Waals surface area contributed by atoms with Crippen molar-refractivity contribution in [2.75, 3.05) is 5.32 Å². The second-order valence-corrected chi connectivity index (χ2v) is 8.76. The molecule has 0 spiro atoms. The van der Waals surface area contributed by atoms with E-state index < -0.39 is 12.0 Å². The first-order chi connectivity index (χ1) is 12.5. The number of hydrogen-bond acceptors (Lipinski definition) is 4. The van der Waals surface area contributed by atoms with Gasteiger partial charge in [-0.2, -0.15) is 0 Å². The van der Waals surface area contributed by atoms with Crippen molar-refractivity contribution in [2.24, 2.45) is 5.92 Å². The zero-order valence-electron chi connectivity index (χ0n) is 14.6. The molecule has 2 N–H and O–H groups in total. The van der Waals surface area contributed by atoms with Gasteiger partial charge in [-0.05, 0) is 50.3 Å². The number of hydrogen-bond donors (Lipinski definition) is 2. The maximum absolute atomic E-state index is 13.2. The highest BCUT2D eigenvalue weighted by Crippen LogP contribution is 2.41. The van der Waals surface area contributed by atoms with E-state index in [4.69, 9.17) is 0 Å². The van der Waals surface area contributed by atoms with Crippen LogP contribution in [0.5, 0.6) is 0 Å². The number of aliphatic carboxylic acids is 1. The maximum atomic E-state index is 13.2. The Morgan fingerprint density at radius 1 is 1.27 bits per heavy atom. The topological polar surface area (TPSA) is 86.7 Å². The fourth-order valence-electron chi connectivity index (χ4n) is 4.46. The van der Waals surface area contributed by atoms with E-state index >= 15 is 0 Å². The highest BCUT2D eigenvalue weighted by molar-refractivity contribution is 8.00. The molecule has 2 heterocycles. The lowest BCUT2D eigenvalue weighted by Gasteiger charge is -2.33. The van der Waals surface area contributed by atoms with Crippen molar-refractivity contribution in [2.45, 2.75) is 61.3 Å². The van der Waals surface area contributed by atoms with Crippen molar-refractivity contribution >= 4 is 35.2 Å². The maximum Gasteiger partial charge on any atom is 0.326 e. The van der Waals surface area contributed by atoms with Crippen LogP contribution in [-0.4, -0.2) is 45.1 Å². The second kappa shape index (κ2) is 6.61. The molecule has 6 nitrogen and oxygen atoms in total. The number of carbonyl (C=O) groups is 3. The Labute approximate surface area is 156 Å². The minimum atomic E-state index is -0.927. The van der Waals surface area contributed by atoms with E-state index in [1.807, 2.05) is 13.0 Å². The van der Waals surface area contributed by atoms with Crippen molar-refractivity contribution in [1.29, 1.82) is 0 Å². The Kier molecular flexibility index (Phi) is 4.42. The molecule has 3 aliphatic rings. The number of carboxylic acids is 1. The van der Waals surface area contributed by atoms with Crippen LogP contribution in [0.4, 0.5) is 5.69 Å². The molecular weight excluding hydrogens is 352 g/mol. The van der Waals surface area contributed by atoms with Crippen LogP contribution in [0, 0.1) is 5.92 Å². The van der Waals surface area contributed by atoms with Crippen LogP contribution in [0.25, 0.3) is 0 Å². The summed E-state index contributed by atoms with van der Waals surface area (Å²) >= 11 is 1.47. The molecular formula is C19H22N2O4S. The monoisotopic (exact) mass is 374 g/mol. The van der Waals surface area contributed by atoms with E-state index in [2.05, 4.69) is 5.32 Å². The van der Waals surface area contributed by atoms with E-state index in [0.29, 0.717) is 17.7 Å². The SMILES string of the molecule is C[C@@H]1Sc2ccc(C(=O)N3[C@H](C(=O)O)C[C@H]4CCCC[C@@H]43)cc2NC1=O. The highest BCUT2D eigenvalue weighted by Gasteiger charge is 2.47. The molecule has 0 bridgehead atoms. The normalized spacial score (nSPS) is 30.3. The molecule has 1 saturated carbocycles. The molecule has 26 heavy (non-hydrogen) atoms. The molecule has 4 atom stereocenters. The molecule has 1 aromatic rings. The van der Waals surface area contributed by atoms with Crippen molar-refractivity contribution in [3.63, 3.8) is 0 Å². The summed E-state index contributed by atoms with van der Waals surface area (Å²) in [4.78, 5) is 39.4. The smallest absolute Gasteiger partial charge is 0.326 e. The minimum Gasteiger partial charge on any atom is -0.480 e. The quantitative estimate of drug-likeness (QED) is 0.831. The van der Waals surface area contributed by atoms with Gasteiger partial charge in [0.15, 0.2) is 0 Å². The summed E-state index contributed by atoms with van der Waals surface area (Å²) in [6.07, 6.45) is 4.55. The fourth-order valence-corrected chi connectivity index (χ4v) is 5.39. The average Bonchev–Trinajstić information content (AvgIpc) is 3.01. The number of carboxylic acid groups (broad SMARTS) is 1. The average molecular weight is 374 g/mol. The summed E-state index contributed by atoms with van der Waals surface area (Å²) in [5.41, 5.74) is 1.08. The molecule has 2 fully saturated rings. The van der Waals surface area contributed by atoms with Crippen LogP contribution in [0.15, 0.2) is 23.1 Å². The van der Waals surface area contributed by atoms with E-state index in [0.717, 1.165) is 30.6 Å². The first-order valence-electron chi connectivity index (χ1n) is 9.12. The van der Waals surface area contributed by atoms with Gasteiger partial charge in [-0.15, -0.1) is 11.8 Å². The Hall–Kier alpha value is -2.02. The van der Waals surface area contributed by atoms with Gasteiger partial charge in [0.1, 0.15) is 6.04 Å². The van der Waals surface area contributed by atoms with Crippen LogP contribution in [0.3, 0.4) is 0 Å². The summed E-state index contributed by atoms with van der Waals surface area (Å²) in [5.74, 6) is -0.970. The lowest BCUT2D eigenvalue weighted by atomic mass is 9.84. The van der Waals surface area contributed by atoms with Crippen molar-refractivity contribution < 1.29 is 19.5 Å². The van der Waals surface area contributed by atoms with Crippen molar-refractivity contribution in [3.8, 4) is 0 Å². The van der Waals surface area contributed by atoms with Gasteiger partial charge < -0.3 is 15.3 Å². The first-order valence-corrected chi connectivity index (χ1v) is 10.0. The highest BCUT2D eigenvalue weighted by atomic mass is 32.2. The van der Waals surface area contributed by atoms with E-state index in [9.17, 15) is 19.5 Å². The number of likely N-dealkylation sites (tertiary alicyclic amines) is 1. The standard InChI is InChI=1S/C19H22N2O4S/c1-10-17(22)20-13-8-12(6-7-16(13)26-10)18(23)21-14-5-3-2-4-11(14)9-15(21)19(24)25/h6-8,10-11,14-15H,2-5,9H2,1H3,(H,20,22)(H,24,25)/t10-,11+,14-,15-/m0/s1. The molecule has 0 aromatic heterocycles. The van der Waals surface area contributed by atoms with Crippen LogP contribution in [0.1, 0.15) is 49.4 Å². The lowest BCUT2D eigenvalue weighted by Crippen LogP contribution is -2.46. The third-order valence-corrected chi connectivity index (χ3v) is 6.94. The number of nitrogens with one attached hydrogen (secondary N) is 1. The zero-order valence-corrected chi connectivity index (χ0v) is 15.4. The number of anilines is 1. The van der Waals surface area contributed by atoms with Gasteiger partial charge in [0.25, 0.3) is 5.91 Å². The molecule has 7 heteroatoms. The second-order valence-electron chi connectivity index (χ2n) is 7.37.